The molecule has 1 heteroatoms. The molecule has 0 bridgehead atoms. The fourth-order valence-electron chi connectivity index (χ4n) is 2.26. The van der Waals surface area contributed by atoms with E-state index in [2.05, 4.69) is 72.8 Å². The fourth-order valence-corrected chi connectivity index (χ4v) is 2.26. The van der Waals surface area contributed by atoms with Crippen LogP contribution in [-0.2, 0) is 0 Å². The number of hydrogen-bond donors (Lipinski definition) is 0. The molecular weight excluding hydrogens is 203 g/mol. The molecule has 0 saturated heterocycles. The van der Waals surface area contributed by atoms with Crippen LogP contribution < -0.4 is 10.9 Å². The Morgan fingerprint density at radius 1 is 0.588 bits per heavy atom. The molecule has 0 heterocycles. The molecule has 3 rings (SSSR count). The normalized spacial score (nSPS) is 10.4. The summed E-state index contributed by atoms with van der Waals surface area (Å²) < 4.78 is 0. The molecule has 0 saturated carbocycles. The Morgan fingerprint density at radius 3 is 2.18 bits per heavy atom. The number of fused-ring (bicyclic) bond motifs is 1. The van der Waals surface area contributed by atoms with Crippen molar-refractivity contribution in [1.29, 1.82) is 0 Å². The lowest BCUT2D eigenvalue weighted by Crippen LogP contribution is -2.27. The zero-order valence-electron chi connectivity index (χ0n) is 9.64. The van der Waals surface area contributed by atoms with Gasteiger partial charge < -0.3 is 0 Å². The van der Waals surface area contributed by atoms with Gasteiger partial charge in [0, 0.05) is 0 Å². The smallest absolute Gasteiger partial charge is 0.0785 e. The highest BCUT2D eigenvalue weighted by molar-refractivity contribution is 6.69. The minimum Gasteiger partial charge on any atom is -0.0785 e. The average Bonchev–Trinajstić information content (AvgIpc) is 2.40. The summed E-state index contributed by atoms with van der Waals surface area (Å²) in [6.07, 6.45) is 0. The van der Waals surface area contributed by atoms with E-state index < -0.39 is 0 Å². The number of rotatable bonds is 2. The Bertz CT molecular complexity index is 624. The topological polar surface area (TPSA) is 0 Å². The zero-order valence-corrected chi connectivity index (χ0v) is 9.64. The van der Waals surface area contributed by atoms with E-state index in [1.807, 2.05) is 0 Å². The molecule has 0 N–H and O–H groups in total. The second-order valence-corrected chi connectivity index (χ2v) is 4.30. The van der Waals surface area contributed by atoms with Gasteiger partial charge >= 0.3 is 0 Å². The monoisotopic (exact) mass is 216 g/mol. The van der Waals surface area contributed by atoms with Crippen LogP contribution in [-0.4, -0.2) is 7.28 Å². The molecule has 0 spiro atoms. The van der Waals surface area contributed by atoms with Gasteiger partial charge in [-0.1, -0.05) is 83.7 Å². The van der Waals surface area contributed by atoms with Crippen LogP contribution in [0.3, 0.4) is 0 Å². The van der Waals surface area contributed by atoms with Gasteiger partial charge in [-0.05, 0) is 10.8 Å². The van der Waals surface area contributed by atoms with Crippen molar-refractivity contribution < 1.29 is 0 Å². The first kappa shape index (κ1) is 10.2. The Labute approximate surface area is 102 Å². The second-order valence-electron chi connectivity index (χ2n) is 4.30. The van der Waals surface area contributed by atoms with Crippen LogP contribution >= 0.6 is 0 Å². The molecule has 0 aromatic heterocycles. The molecule has 17 heavy (non-hydrogen) atoms. The molecule has 0 atom stereocenters. The molecule has 80 valence electrons. The fraction of sp³-hybridized carbons (Fsp3) is 0. The summed E-state index contributed by atoms with van der Waals surface area (Å²) in [4.78, 5) is 0. The van der Waals surface area contributed by atoms with Crippen LogP contribution in [0.25, 0.3) is 10.8 Å². The van der Waals surface area contributed by atoms with Crippen molar-refractivity contribution >= 4 is 29.0 Å². The lowest BCUT2D eigenvalue weighted by atomic mass is 9.63. The Hall–Kier alpha value is -2.02. The lowest BCUT2D eigenvalue weighted by molar-refractivity contribution is 1.76. The van der Waals surface area contributed by atoms with Crippen LogP contribution in [0, 0.1) is 0 Å². The minimum absolute atomic E-state index is 1.00. The Morgan fingerprint density at radius 2 is 1.29 bits per heavy atom. The SMILES string of the molecule is B(c1ccccc1)c1cccc2ccccc12. The van der Waals surface area contributed by atoms with Crippen molar-refractivity contribution in [1.82, 2.24) is 0 Å². The third-order valence-electron chi connectivity index (χ3n) is 3.12. The standard InChI is InChI=1S/C16H13B/c1-2-9-14(10-3-1)17-16-12-6-8-13-7-4-5-11-15(13)16/h1-12,17H. The van der Waals surface area contributed by atoms with Gasteiger partial charge in [0.15, 0.2) is 7.28 Å². The van der Waals surface area contributed by atoms with Gasteiger partial charge in [0.05, 0.1) is 0 Å². The summed E-state index contributed by atoms with van der Waals surface area (Å²) in [5, 5.41) is 2.68. The van der Waals surface area contributed by atoms with E-state index in [-0.39, 0.29) is 0 Å². The van der Waals surface area contributed by atoms with Crippen LogP contribution in [0.1, 0.15) is 0 Å². The highest BCUT2D eigenvalue weighted by Crippen LogP contribution is 2.09. The van der Waals surface area contributed by atoms with E-state index >= 15 is 0 Å². The molecule has 0 radical (unpaired) electrons. The molecule has 0 fully saturated rings. The van der Waals surface area contributed by atoms with Gasteiger partial charge in [-0.15, -0.1) is 0 Å². The second kappa shape index (κ2) is 4.46. The zero-order chi connectivity index (χ0) is 11.5. The molecule has 3 aromatic rings. The summed E-state index contributed by atoms with van der Waals surface area (Å²) in [5.41, 5.74) is 2.76. The van der Waals surface area contributed by atoms with E-state index in [0.717, 1.165) is 7.28 Å². The molecule has 0 unspecified atom stereocenters. The van der Waals surface area contributed by atoms with Gasteiger partial charge in [-0.2, -0.15) is 0 Å². The highest BCUT2D eigenvalue weighted by Gasteiger charge is 2.02. The third-order valence-corrected chi connectivity index (χ3v) is 3.12. The first-order valence-corrected chi connectivity index (χ1v) is 5.94. The van der Waals surface area contributed by atoms with Crippen molar-refractivity contribution in [2.45, 2.75) is 0 Å². The van der Waals surface area contributed by atoms with E-state index in [1.54, 1.807) is 0 Å². The highest BCUT2D eigenvalue weighted by atomic mass is 14.0. The van der Waals surface area contributed by atoms with Crippen molar-refractivity contribution in [3.8, 4) is 0 Å². The molecule has 0 aliphatic rings. The summed E-state index contributed by atoms with van der Waals surface area (Å²) in [7, 11) is 1.00. The minimum atomic E-state index is 1.00. The molecule has 0 aliphatic heterocycles. The van der Waals surface area contributed by atoms with E-state index in [9.17, 15) is 0 Å². The maximum Gasteiger partial charge on any atom is 0.193 e. The quantitative estimate of drug-likeness (QED) is 0.576. The van der Waals surface area contributed by atoms with E-state index in [4.69, 9.17) is 0 Å². The predicted octanol–water partition coefficient (Wildman–Crippen LogP) is 2.23. The number of benzene rings is 3. The van der Waals surface area contributed by atoms with Crippen LogP contribution in [0.2, 0.25) is 0 Å². The molecule has 0 amide bonds. The van der Waals surface area contributed by atoms with E-state index in [1.165, 1.54) is 21.7 Å². The third kappa shape index (κ3) is 2.09. The van der Waals surface area contributed by atoms with Crippen molar-refractivity contribution in [3.05, 3.63) is 72.8 Å². The van der Waals surface area contributed by atoms with Crippen LogP contribution in [0.4, 0.5) is 0 Å². The summed E-state index contributed by atoms with van der Waals surface area (Å²) in [5.74, 6) is 0. The molecular formula is C16H13B. The van der Waals surface area contributed by atoms with Crippen molar-refractivity contribution in [3.63, 3.8) is 0 Å². The summed E-state index contributed by atoms with van der Waals surface area (Å²) >= 11 is 0. The maximum atomic E-state index is 2.22. The van der Waals surface area contributed by atoms with Crippen molar-refractivity contribution in [2.75, 3.05) is 0 Å². The predicted molar refractivity (Wildman–Crippen MR) is 76.8 cm³/mol. The maximum absolute atomic E-state index is 2.22. The lowest BCUT2D eigenvalue weighted by Gasteiger charge is -2.05. The average molecular weight is 216 g/mol. The van der Waals surface area contributed by atoms with E-state index in [0.29, 0.717) is 0 Å². The van der Waals surface area contributed by atoms with Gasteiger partial charge in [0.25, 0.3) is 0 Å². The Kier molecular flexibility index (Phi) is 2.67. The summed E-state index contributed by atoms with van der Waals surface area (Å²) in [6.45, 7) is 0. The van der Waals surface area contributed by atoms with Gasteiger partial charge in [-0.25, -0.2) is 0 Å². The molecule has 0 nitrogen and oxygen atoms in total. The van der Waals surface area contributed by atoms with Crippen molar-refractivity contribution in [2.24, 2.45) is 0 Å². The van der Waals surface area contributed by atoms with Gasteiger partial charge in [0.1, 0.15) is 0 Å². The molecule has 3 aromatic carbocycles. The first-order chi connectivity index (χ1) is 8.43. The largest absolute Gasteiger partial charge is 0.193 e. The first-order valence-electron chi connectivity index (χ1n) is 5.94. The Balaban J connectivity index is 2.06. The van der Waals surface area contributed by atoms with Gasteiger partial charge in [-0.3, -0.25) is 0 Å². The summed E-state index contributed by atoms with van der Waals surface area (Å²) in [6, 6.07) is 25.7. The van der Waals surface area contributed by atoms with Crippen LogP contribution in [0.5, 0.6) is 0 Å². The molecule has 0 aliphatic carbocycles. The van der Waals surface area contributed by atoms with Crippen LogP contribution in [0.15, 0.2) is 72.8 Å². The number of hydrogen-bond acceptors (Lipinski definition) is 0. The van der Waals surface area contributed by atoms with Gasteiger partial charge in [0.2, 0.25) is 0 Å².